The van der Waals surface area contributed by atoms with Gasteiger partial charge in [0.25, 0.3) is 0 Å². The molecule has 2 N–H and O–H groups in total. The van der Waals surface area contributed by atoms with E-state index in [9.17, 15) is 9.59 Å². The van der Waals surface area contributed by atoms with E-state index in [4.69, 9.17) is 5.84 Å². The summed E-state index contributed by atoms with van der Waals surface area (Å²) in [6, 6.07) is 0. The molecule has 0 aliphatic rings. The molecule has 4 heteroatoms. The van der Waals surface area contributed by atoms with Crippen molar-refractivity contribution in [1.29, 1.82) is 0 Å². The van der Waals surface area contributed by atoms with E-state index in [2.05, 4.69) is 0 Å². The minimum atomic E-state index is -0.288. The lowest BCUT2D eigenvalue weighted by Crippen LogP contribution is -2.42. The minimum Gasteiger partial charge on any atom is -0.273 e. The number of nitrogens with two attached hydrogens (primary N) is 1. The molecule has 0 aromatic rings. The van der Waals surface area contributed by atoms with Gasteiger partial charge in [0.15, 0.2) is 0 Å². The van der Waals surface area contributed by atoms with Crippen LogP contribution in [-0.2, 0) is 9.59 Å². The van der Waals surface area contributed by atoms with Gasteiger partial charge in [0.2, 0.25) is 11.8 Å². The molecule has 2 amide bonds. The van der Waals surface area contributed by atoms with Crippen molar-refractivity contribution < 1.29 is 9.59 Å². The second kappa shape index (κ2) is 6.60. The molecule has 13 heavy (non-hydrogen) atoms. The van der Waals surface area contributed by atoms with Crippen molar-refractivity contribution in [2.75, 3.05) is 0 Å². The van der Waals surface area contributed by atoms with Crippen LogP contribution in [0, 0.1) is 0 Å². The number of hydrogen-bond donors (Lipinski definition) is 1. The second-order valence-electron chi connectivity index (χ2n) is 3.01. The highest BCUT2D eigenvalue weighted by atomic mass is 16.2. The number of amides is 2. The van der Waals surface area contributed by atoms with E-state index >= 15 is 0 Å². The van der Waals surface area contributed by atoms with Gasteiger partial charge in [0.05, 0.1) is 0 Å². The first kappa shape index (κ1) is 12.1. The molecule has 0 fully saturated rings. The summed E-state index contributed by atoms with van der Waals surface area (Å²) in [5.74, 6) is 4.76. The van der Waals surface area contributed by atoms with Gasteiger partial charge in [0, 0.05) is 12.8 Å². The highest BCUT2D eigenvalue weighted by molar-refractivity contribution is 5.94. The molecule has 0 heterocycles. The van der Waals surface area contributed by atoms with E-state index in [1.165, 1.54) is 0 Å². The number of imide groups is 1. The molecule has 0 aromatic heterocycles. The standard InChI is InChI=1S/C9H18N2O2/c1-3-5-7-9(13)11(10)8(12)6-4-2/h3-7,10H2,1-2H3. The van der Waals surface area contributed by atoms with Crippen molar-refractivity contribution in [3.05, 3.63) is 0 Å². The lowest BCUT2D eigenvalue weighted by Gasteiger charge is -2.13. The fourth-order valence-electron chi connectivity index (χ4n) is 0.922. The molecule has 0 saturated heterocycles. The summed E-state index contributed by atoms with van der Waals surface area (Å²) < 4.78 is 0. The van der Waals surface area contributed by atoms with Crippen LogP contribution in [0.2, 0.25) is 0 Å². The van der Waals surface area contributed by atoms with Crippen LogP contribution in [0.15, 0.2) is 0 Å². The minimum absolute atomic E-state index is 0.277. The highest BCUT2D eigenvalue weighted by Gasteiger charge is 2.15. The van der Waals surface area contributed by atoms with Crippen molar-refractivity contribution >= 4 is 11.8 Å². The summed E-state index contributed by atoms with van der Waals surface area (Å²) in [5, 5.41) is 0.749. The third-order valence-corrected chi connectivity index (χ3v) is 1.75. The Balaban J connectivity index is 3.87. The smallest absolute Gasteiger partial charge is 0.243 e. The molecule has 0 aliphatic carbocycles. The quantitative estimate of drug-likeness (QED) is 0.398. The number of carbonyl (C=O) groups is 2. The van der Waals surface area contributed by atoms with E-state index < -0.39 is 0 Å². The van der Waals surface area contributed by atoms with Crippen LogP contribution >= 0.6 is 0 Å². The van der Waals surface area contributed by atoms with E-state index in [1.54, 1.807) is 0 Å². The van der Waals surface area contributed by atoms with Gasteiger partial charge in [-0.3, -0.25) is 9.59 Å². The zero-order chi connectivity index (χ0) is 10.3. The summed E-state index contributed by atoms with van der Waals surface area (Å²) in [7, 11) is 0. The molecule has 0 saturated carbocycles. The topological polar surface area (TPSA) is 63.4 Å². The van der Waals surface area contributed by atoms with E-state index in [-0.39, 0.29) is 11.8 Å². The molecule has 4 nitrogen and oxygen atoms in total. The molecule has 0 aliphatic heterocycles. The SMILES string of the molecule is CCCCC(=O)N(N)C(=O)CCC. The van der Waals surface area contributed by atoms with Gasteiger partial charge in [-0.15, -0.1) is 0 Å². The first-order valence-corrected chi connectivity index (χ1v) is 4.73. The lowest BCUT2D eigenvalue weighted by molar-refractivity contribution is -0.145. The van der Waals surface area contributed by atoms with Crippen LogP contribution in [0.1, 0.15) is 46.0 Å². The van der Waals surface area contributed by atoms with E-state index in [0.29, 0.717) is 19.3 Å². The number of unbranched alkanes of at least 4 members (excludes halogenated alkanes) is 1. The van der Waals surface area contributed by atoms with Gasteiger partial charge in [-0.05, 0) is 12.8 Å². The van der Waals surface area contributed by atoms with Gasteiger partial charge in [-0.2, -0.15) is 0 Å². The normalized spacial score (nSPS) is 9.77. The molecule has 0 rings (SSSR count). The maximum Gasteiger partial charge on any atom is 0.243 e. The summed E-state index contributed by atoms with van der Waals surface area (Å²) in [6.07, 6.45) is 3.14. The molecule has 0 bridgehead atoms. The van der Waals surface area contributed by atoms with Crippen molar-refractivity contribution in [3.63, 3.8) is 0 Å². The summed E-state index contributed by atoms with van der Waals surface area (Å²) in [5.41, 5.74) is 0. The van der Waals surface area contributed by atoms with Gasteiger partial charge < -0.3 is 0 Å². The fraction of sp³-hybridized carbons (Fsp3) is 0.778. The van der Waals surface area contributed by atoms with Crippen LogP contribution in [0.4, 0.5) is 0 Å². The Morgan fingerprint density at radius 3 is 2.08 bits per heavy atom. The van der Waals surface area contributed by atoms with Crippen LogP contribution in [0.5, 0.6) is 0 Å². The van der Waals surface area contributed by atoms with Crippen LogP contribution in [0.25, 0.3) is 0 Å². The molecule has 0 atom stereocenters. The highest BCUT2D eigenvalue weighted by Crippen LogP contribution is 2.00. The van der Waals surface area contributed by atoms with Gasteiger partial charge in [0.1, 0.15) is 0 Å². The molecule has 0 unspecified atom stereocenters. The number of hydrazine groups is 1. The van der Waals surface area contributed by atoms with Crippen molar-refractivity contribution in [1.82, 2.24) is 5.01 Å². The van der Waals surface area contributed by atoms with Crippen molar-refractivity contribution in [2.45, 2.75) is 46.0 Å². The summed E-state index contributed by atoms with van der Waals surface area (Å²) in [6.45, 7) is 3.87. The summed E-state index contributed by atoms with van der Waals surface area (Å²) >= 11 is 0. The predicted octanol–water partition coefficient (Wildman–Crippen LogP) is 1.21. The Bertz CT molecular complexity index is 180. The molecular formula is C9H18N2O2. The predicted molar refractivity (Wildman–Crippen MR) is 50.5 cm³/mol. The Morgan fingerprint density at radius 2 is 1.62 bits per heavy atom. The largest absolute Gasteiger partial charge is 0.273 e. The average molecular weight is 186 g/mol. The third kappa shape index (κ3) is 4.62. The lowest BCUT2D eigenvalue weighted by atomic mass is 10.2. The van der Waals surface area contributed by atoms with E-state index in [1.807, 2.05) is 13.8 Å². The molecule has 0 radical (unpaired) electrons. The molecular weight excluding hydrogens is 168 g/mol. The third-order valence-electron chi connectivity index (χ3n) is 1.75. The van der Waals surface area contributed by atoms with Crippen LogP contribution in [-0.4, -0.2) is 16.8 Å². The maximum absolute atomic E-state index is 11.2. The zero-order valence-electron chi connectivity index (χ0n) is 8.38. The fourth-order valence-corrected chi connectivity index (χ4v) is 0.922. The van der Waals surface area contributed by atoms with Gasteiger partial charge >= 0.3 is 0 Å². The maximum atomic E-state index is 11.2. The zero-order valence-corrected chi connectivity index (χ0v) is 8.38. The van der Waals surface area contributed by atoms with Gasteiger partial charge in [-0.1, -0.05) is 20.3 Å². The number of carbonyl (C=O) groups excluding carboxylic acids is 2. The molecule has 0 aromatic carbocycles. The number of rotatable bonds is 5. The molecule has 76 valence electrons. The first-order chi connectivity index (χ1) is 6.13. The van der Waals surface area contributed by atoms with Gasteiger partial charge in [-0.25, -0.2) is 10.9 Å². The first-order valence-electron chi connectivity index (χ1n) is 4.73. The van der Waals surface area contributed by atoms with Crippen LogP contribution in [0.3, 0.4) is 0 Å². The number of nitrogens with zero attached hydrogens (tertiary/aromatic N) is 1. The van der Waals surface area contributed by atoms with Crippen LogP contribution < -0.4 is 5.84 Å². The van der Waals surface area contributed by atoms with Crippen molar-refractivity contribution in [2.24, 2.45) is 5.84 Å². The van der Waals surface area contributed by atoms with Crippen molar-refractivity contribution in [3.8, 4) is 0 Å². The number of hydrogen-bond acceptors (Lipinski definition) is 3. The monoisotopic (exact) mass is 186 g/mol. The Morgan fingerprint density at radius 1 is 1.08 bits per heavy atom. The Labute approximate surface area is 79.1 Å². The summed E-state index contributed by atoms with van der Waals surface area (Å²) in [4.78, 5) is 22.3. The Hall–Kier alpha value is -0.900. The second-order valence-corrected chi connectivity index (χ2v) is 3.01. The van der Waals surface area contributed by atoms with E-state index in [0.717, 1.165) is 17.9 Å². The average Bonchev–Trinajstić information content (AvgIpc) is 2.13. The molecule has 0 spiro atoms. The Kier molecular flexibility index (Phi) is 6.14.